The Labute approximate surface area is 203 Å². The number of aromatic amines is 1. The van der Waals surface area contributed by atoms with Gasteiger partial charge in [-0.25, -0.2) is 13.6 Å². The number of pyridine rings is 1. The van der Waals surface area contributed by atoms with Gasteiger partial charge in [0, 0.05) is 40.6 Å². The highest BCUT2D eigenvalue weighted by atomic mass is 32.2. The Hall–Kier alpha value is -3.75. The molecule has 0 saturated carbocycles. The van der Waals surface area contributed by atoms with Crippen LogP contribution in [0.3, 0.4) is 0 Å². The van der Waals surface area contributed by atoms with Gasteiger partial charge in [-0.05, 0) is 72.5 Å². The van der Waals surface area contributed by atoms with E-state index in [9.17, 15) is 13.2 Å². The molecule has 0 spiro atoms. The summed E-state index contributed by atoms with van der Waals surface area (Å²) in [7, 11) is -3.89. The summed E-state index contributed by atoms with van der Waals surface area (Å²) in [6.45, 7) is 0. The minimum absolute atomic E-state index is 0.0235. The number of anilines is 1. The first-order chi connectivity index (χ1) is 16.9. The SMILES string of the molecule is NS(=O)(=O)c1ccc2c(c1)C(=Cc1[nH]c3c(c1Cc1nccc4ccccc14)CCCC3)C(=O)N2. The Morgan fingerprint density at radius 1 is 1.06 bits per heavy atom. The highest BCUT2D eigenvalue weighted by molar-refractivity contribution is 7.89. The van der Waals surface area contributed by atoms with Crippen LogP contribution in [-0.4, -0.2) is 24.3 Å². The standard InChI is InChI=1S/C27H24N4O3S/c28-35(33,34)17-9-10-24-20(13-17)22(27(32)31-24)15-26-21(19-7-3-4-8-23(19)30-26)14-25-18-6-2-1-5-16(18)11-12-29-25/h1-2,5-6,9-13,15,30H,3-4,7-8,14H2,(H,31,32)(H2,28,33,34). The van der Waals surface area contributed by atoms with Gasteiger partial charge in [-0.15, -0.1) is 0 Å². The van der Waals surface area contributed by atoms with Crippen LogP contribution in [0.4, 0.5) is 5.69 Å². The van der Waals surface area contributed by atoms with Crippen LogP contribution in [0.25, 0.3) is 22.4 Å². The van der Waals surface area contributed by atoms with E-state index in [1.165, 1.54) is 23.4 Å². The van der Waals surface area contributed by atoms with E-state index >= 15 is 0 Å². The third-order valence-electron chi connectivity index (χ3n) is 6.93. The van der Waals surface area contributed by atoms with Gasteiger partial charge in [0.25, 0.3) is 5.91 Å². The van der Waals surface area contributed by atoms with E-state index in [-0.39, 0.29) is 10.8 Å². The number of benzene rings is 2. The molecule has 4 aromatic rings. The van der Waals surface area contributed by atoms with Crippen molar-refractivity contribution in [3.63, 3.8) is 0 Å². The number of carbonyl (C=O) groups excluding carboxylic acids is 1. The lowest BCUT2D eigenvalue weighted by molar-refractivity contribution is -0.110. The summed E-state index contributed by atoms with van der Waals surface area (Å²) in [6.07, 6.45) is 8.50. The first kappa shape index (κ1) is 21.8. The average molecular weight is 485 g/mol. The predicted molar refractivity (Wildman–Crippen MR) is 136 cm³/mol. The fraction of sp³-hybridized carbons (Fsp3) is 0.185. The van der Waals surface area contributed by atoms with Crippen LogP contribution in [0.15, 0.2) is 59.6 Å². The van der Waals surface area contributed by atoms with E-state index in [1.807, 2.05) is 30.5 Å². The topological polar surface area (TPSA) is 118 Å². The molecule has 1 aliphatic heterocycles. The third kappa shape index (κ3) is 3.84. The Morgan fingerprint density at radius 3 is 2.74 bits per heavy atom. The fourth-order valence-corrected chi connectivity index (χ4v) is 5.76. The molecule has 0 saturated heterocycles. The van der Waals surface area contributed by atoms with Gasteiger partial charge < -0.3 is 10.3 Å². The molecule has 2 aliphatic rings. The van der Waals surface area contributed by atoms with Gasteiger partial charge in [0.1, 0.15) is 0 Å². The molecular weight excluding hydrogens is 460 g/mol. The molecule has 0 bridgehead atoms. The van der Waals surface area contributed by atoms with Crippen molar-refractivity contribution in [3.05, 3.63) is 88.5 Å². The summed E-state index contributed by atoms with van der Waals surface area (Å²) in [5.41, 5.74) is 7.01. The van der Waals surface area contributed by atoms with E-state index in [4.69, 9.17) is 10.1 Å². The van der Waals surface area contributed by atoms with Gasteiger partial charge >= 0.3 is 0 Å². The molecule has 176 valence electrons. The number of amides is 1. The zero-order valence-electron chi connectivity index (χ0n) is 19.0. The second-order valence-electron chi connectivity index (χ2n) is 9.10. The molecule has 0 unspecified atom stereocenters. The van der Waals surface area contributed by atoms with Crippen molar-refractivity contribution in [1.29, 1.82) is 0 Å². The van der Waals surface area contributed by atoms with E-state index in [1.54, 1.807) is 6.07 Å². The van der Waals surface area contributed by atoms with Gasteiger partial charge in [-0.2, -0.15) is 0 Å². The lowest BCUT2D eigenvalue weighted by Crippen LogP contribution is -2.12. The molecule has 6 rings (SSSR count). The number of nitrogens with one attached hydrogen (secondary N) is 2. The maximum Gasteiger partial charge on any atom is 0.256 e. The molecule has 2 aromatic heterocycles. The molecule has 1 aliphatic carbocycles. The molecule has 1 amide bonds. The average Bonchev–Trinajstić information content (AvgIpc) is 3.35. The smallest absolute Gasteiger partial charge is 0.256 e. The number of fused-ring (bicyclic) bond motifs is 3. The number of sulfonamides is 1. The number of hydrogen-bond donors (Lipinski definition) is 3. The number of aromatic nitrogens is 2. The number of aryl methyl sites for hydroxylation is 1. The van der Waals surface area contributed by atoms with Crippen molar-refractivity contribution < 1.29 is 13.2 Å². The van der Waals surface area contributed by atoms with Crippen molar-refractivity contribution in [2.24, 2.45) is 5.14 Å². The highest BCUT2D eigenvalue weighted by Gasteiger charge is 2.28. The second-order valence-corrected chi connectivity index (χ2v) is 10.7. The quantitative estimate of drug-likeness (QED) is 0.377. The lowest BCUT2D eigenvalue weighted by atomic mass is 9.91. The number of hydrogen-bond acceptors (Lipinski definition) is 4. The van der Waals surface area contributed by atoms with E-state index in [2.05, 4.69) is 22.4 Å². The van der Waals surface area contributed by atoms with Gasteiger partial charge in [-0.1, -0.05) is 24.3 Å². The van der Waals surface area contributed by atoms with Gasteiger partial charge in [0.05, 0.1) is 16.2 Å². The summed E-state index contributed by atoms with van der Waals surface area (Å²) >= 11 is 0. The number of nitrogens with two attached hydrogens (primary N) is 1. The molecular formula is C27H24N4O3S. The van der Waals surface area contributed by atoms with Gasteiger partial charge in [-0.3, -0.25) is 9.78 Å². The molecule has 0 radical (unpaired) electrons. The van der Waals surface area contributed by atoms with Crippen molar-refractivity contribution in [1.82, 2.24) is 9.97 Å². The van der Waals surface area contributed by atoms with Crippen molar-refractivity contribution in [2.75, 3.05) is 5.32 Å². The molecule has 0 atom stereocenters. The van der Waals surface area contributed by atoms with Gasteiger partial charge in [0.15, 0.2) is 0 Å². The van der Waals surface area contributed by atoms with E-state index < -0.39 is 10.0 Å². The first-order valence-electron chi connectivity index (χ1n) is 11.6. The largest absolute Gasteiger partial charge is 0.358 e. The highest BCUT2D eigenvalue weighted by Crippen LogP contribution is 2.37. The summed E-state index contributed by atoms with van der Waals surface area (Å²) < 4.78 is 23.8. The Kier molecular flexibility index (Phi) is 5.09. The Balaban J connectivity index is 1.50. The minimum atomic E-state index is -3.89. The molecule has 8 heteroatoms. The third-order valence-corrected chi connectivity index (χ3v) is 7.85. The molecule has 0 fully saturated rings. The molecule has 2 aromatic carbocycles. The van der Waals surface area contributed by atoms with Crippen LogP contribution in [0, 0.1) is 0 Å². The maximum absolute atomic E-state index is 12.9. The van der Waals surface area contributed by atoms with Crippen LogP contribution >= 0.6 is 0 Å². The van der Waals surface area contributed by atoms with Crippen LogP contribution in [0.1, 0.15) is 46.6 Å². The van der Waals surface area contributed by atoms with Crippen LogP contribution in [-0.2, 0) is 34.1 Å². The number of carbonyl (C=O) groups is 1. The number of primary sulfonamides is 1. The van der Waals surface area contributed by atoms with Crippen LogP contribution in [0.2, 0.25) is 0 Å². The summed E-state index contributed by atoms with van der Waals surface area (Å²) in [6, 6.07) is 14.7. The van der Waals surface area contributed by atoms with E-state index in [0.717, 1.165) is 53.4 Å². The van der Waals surface area contributed by atoms with Gasteiger partial charge in [0.2, 0.25) is 10.0 Å². The normalized spacial score (nSPS) is 16.4. The van der Waals surface area contributed by atoms with Crippen molar-refractivity contribution in [2.45, 2.75) is 37.0 Å². The molecule has 35 heavy (non-hydrogen) atoms. The monoisotopic (exact) mass is 484 g/mol. The second kappa shape index (κ2) is 8.18. The zero-order chi connectivity index (χ0) is 24.2. The summed E-state index contributed by atoms with van der Waals surface area (Å²) in [4.78, 5) is 21.1. The Morgan fingerprint density at radius 2 is 1.89 bits per heavy atom. The molecule has 4 N–H and O–H groups in total. The molecule has 3 heterocycles. The van der Waals surface area contributed by atoms with E-state index in [0.29, 0.717) is 23.2 Å². The lowest BCUT2D eigenvalue weighted by Gasteiger charge is -2.13. The molecule has 7 nitrogen and oxygen atoms in total. The van der Waals surface area contributed by atoms with Crippen molar-refractivity contribution in [3.8, 4) is 0 Å². The van der Waals surface area contributed by atoms with Crippen molar-refractivity contribution >= 4 is 44.0 Å². The number of rotatable bonds is 4. The number of H-pyrrole nitrogens is 1. The zero-order valence-corrected chi connectivity index (χ0v) is 19.8. The fourth-order valence-electron chi connectivity index (χ4n) is 5.22. The minimum Gasteiger partial charge on any atom is -0.358 e. The maximum atomic E-state index is 12.9. The van der Waals surface area contributed by atoms with Crippen LogP contribution < -0.4 is 10.5 Å². The Bertz CT molecular complexity index is 1650. The summed E-state index contributed by atoms with van der Waals surface area (Å²) in [5.74, 6) is -0.270. The first-order valence-corrected chi connectivity index (χ1v) is 13.2. The predicted octanol–water partition coefficient (Wildman–Crippen LogP) is 4.17. The number of nitrogens with zero attached hydrogens (tertiary/aromatic N) is 1. The van der Waals surface area contributed by atoms with Crippen LogP contribution in [0.5, 0.6) is 0 Å². The summed E-state index contributed by atoms with van der Waals surface area (Å²) in [5, 5.41) is 10.4.